The van der Waals surface area contributed by atoms with Crippen LogP contribution < -0.4 is 0 Å². The Balaban J connectivity index is 2.02. The maximum atomic E-state index is 12.4. The van der Waals surface area contributed by atoms with Crippen molar-refractivity contribution in [2.75, 3.05) is 6.54 Å². The molecule has 1 aliphatic rings. The van der Waals surface area contributed by atoms with Gasteiger partial charge in [-0.3, -0.25) is 9.36 Å². The molecule has 0 spiro atoms. The lowest BCUT2D eigenvalue weighted by Crippen LogP contribution is -2.42. The Kier molecular flexibility index (Phi) is 3.04. The van der Waals surface area contributed by atoms with E-state index in [4.69, 9.17) is 4.52 Å². The monoisotopic (exact) mass is 275 g/mol. The molecule has 0 saturated heterocycles. The summed E-state index contributed by atoms with van der Waals surface area (Å²) >= 11 is 0. The molecule has 1 atom stereocenters. The molecule has 106 valence electrons. The number of aryl methyl sites for hydroxylation is 1. The number of rotatable bonds is 3. The van der Waals surface area contributed by atoms with E-state index in [-0.39, 0.29) is 11.9 Å². The zero-order valence-corrected chi connectivity index (χ0v) is 11.8. The van der Waals surface area contributed by atoms with Gasteiger partial charge in [0.2, 0.25) is 17.5 Å². The summed E-state index contributed by atoms with van der Waals surface area (Å²) in [6.45, 7) is 7.01. The summed E-state index contributed by atoms with van der Waals surface area (Å²) in [5.41, 5.74) is 0.778. The highest BCUT2D eigenvalue weighted by molar-refractivity contribution is 5.81. The van der Waals surface area contributed by atoms with Crippen molar-refractivity contribution in [1.82, 2.24) is 24.8 Å². The second kappa shape index (κ2) is 4.73. The third kappa shape index (κ3) is 1.90. The Morgan fingerprint density at radius 1 is 1.45 bits per heavy atom. The molecule has 20 heavy (non-hydrogen) atoms. The summed E-state index contributed by atoms with van der Waals surface area (Å²) in [5, 5.41) is 12.2. The van der Waals surface area contributed by atoms with E-state index >= 15 is 0 Å². The van der Waals surface area contributed by atoms with E-state index in [1.165, 1.54) is 0 Å². The summed E-state index contributed by atoms with van der Waals surface area (Å²) in [6.07, 6.45) is 0.931. The highest BCUT2D eigenvalue weighted by Gasteiger charge is 2.33. The third-order valence-corrected chi connectivity index (χ3v) is 3.50. The largest absolute Gasteiger partial charge is 0.353 e. The molecule has 1 amide bonds. The van der Waals surface area contributed by atoms with Crippen molar-refractivity contribution in [2.45, 2.75) is 39.8 Å². The molecular weight excluding hydrogens is 258 g/mol. The van der Waals surface area contributed by atoms with Gasteiger partial charge in [-0.2, -0.15) is 0 Å². The Morgan fingerprint density at radius 3 is 2.90 bits per heavy atom. The summed E-state index contributed by atoms with van der Waals surface area (Å²) < 4.78 is 7.08. The van der Waals surface area contributed by atoms with Crippen molar-refractivity contribution < 1.29 is 9.32 Å². The van der Waals surface area contributed by atoms with E-state index in [1.54, 1.807) is 6.07 Å². The van der Waals surface area contributed by atoms with Crippen molar-refractivity contribution in [3.8, 4) is 11.6 Å². The molecule has 0 aromatic carbocycles. The van der Waals surface area contributed by atoms with Crippen LogP contribution in [0.1, 0.15) is 37.8 Å². The van der Waals surface area contributed by atoms with Gasteiger partial charge in [0.1, 0.15) is 6.04 Å². The predicted molar refractivity (Wildman–Crippen MR) is 70.7 cm³/mol. The van der Waals surface area contributed by atoms with Gasteiger partial charge in [-0.05, 0) is 20.3 Å². The van der Waals surface area contributed by atoms with Crippen LogP contribution in [0.4, 0.5) is 0 Å². The summed E-state index contributed by atoms with van der Waals surface area (Å²) in [5.74, 6) is 1.99. The van der Waals surface area contributed by atoms with Crippen LogP contribution in [-0.2, 0) is 11.3 Å². The minimum Gasteiger partial charge on any atom is -0.353 e. The number of amides is 1. The van der Waals surface area contributed by atoms with Gasteiger partial charge in [-0.1, -0.05) is 12.1 Å². The molecule has 2 aromatic rings. The molecule has 0 saturated carbocycles. The van der Waals surface area contributed by atoms with Gasteiger partial charge < -0.3 is 9.42 Å². The van der Waals surface area contributed by atoms with Gasteiger partial charge in [0, 0.05) is 12.6 Å². The number of hydrogen-bond donors (Lipinski definition) is 0. The number of nitrogens with zero attached hydrogens (tertiary/aromatic N) is 5. The molecule has 0 bridgehead atoms. The second-order valence-electron chi connectivity index (χ2n) is 5.08. The maximum absolute atomic E-state index is 12.4. The Bertz CT molecular complexity index is 645. The third-order valence-electron chi connectivity index (χ3n) is 3.50. The molecule has 2 aromatic heterocycles. The summed E-state index contributed by atoms with van der Waals surface area (Å²) in [4.78, 5) is 14.2. The second-order valence-corrected chi connectivity index (χ2v) is 5.08. The summed E-state index contributed by atoms with van der Waals surface area (Å²) in [6, 6.07) is 1.48. The molecule has 0 N–H and O–H groups in total. The minimum absolute atomic E-state index is 0.0941. The molecule has 0 fully saturated rings. The fourth-order valence-electron chi connectivity index (χ4n) is 2.56. The van der Waals surface area contributed by atoms with E-state index in [9.17, 15) is 4.79 Å². The van der Waals surface area contributed by atoms with Crippen molar-refractivity contribution >= 4 is 5.91 Å². The van der Waals surface area contributed by atoms with Gasteiger partial charge in [0.25, 0.3) is 0 Å². The highest BCUT2D eigenvalue weighted by Crippen LogP contribution is 2.28. The zero-order chi connectivity index (χ0) is 14.3. The lowest BCUT2D eigenvalue weighted by Gasteiger charge is -2.31. The number of carbonyl (C=O) groups is 1. The predicted octanol–water partition coefficient (Wildman–Crippen LogP) is 1.55. The maximum Gasteiger partial charge on any atom is 0.245 e. The molecular formula is C13H17N5O2. The van der Waals surface area contributed by atoms with Crippen LogP contribution in [-0.4, -0.2) is 37.3 Å². The molecule has 3 rings (SSSR count). The molecule has 0 radical (unpaired) electrons. The van der Waals surface area contributed by atoms with Crippen LogP contribution in [0.2, 0.25) is 0 Å². The number of fused-ring (bicyclic) bond motifs is 1. The average Bonchev–Trinajstić information content (AvgIpc) is 3.02. The highest BCUT2D eigenvalue weighted by atomic mass is 16.5. The minimum atomic E-state index is -0.319. The van der Waals surface area contributed by atoms with Crippen LogP contribution in [0.25, 0.3) is 11.6 Å². The lowest BCUT2D eigenvalue weighted by molar-refractivity contribution is -0.136. The number of hydrogen-bond acceptors (Lipinski definition) is 5. The van der Waals surface area contributed by atoms with Gasteiger partial charge in [-0.15, -0.1) is 10.2 Å². The number of aromatic nitrogens is 4. The van der Waals surface area contributed by atoms with E-state index in [0.29, 0.717) is 18.1 Å². The SMILES string of the molecule is CCCN1Cc2nnc(-c3cc(C)no3)n2[C@@H](C)C1=O. The Hall–Kier alpha value is -2.18. The van der Waals surface area contributed by atoms with Crippen molar-refractivity contribution in [2.24, 2.45) is 0 Å². The smallest absolute Gasteiger partial charge is 0.245 e. The zero-order valence-electron chi connectivity index (χ0n) is 11.8. The Labute approximate surface area is 116 Å². The van der Waals surface area contributed by atoms with Gasteiger partial charge in [0.05, 0.1) is 12.2 Å². The van der Waals surface area contributed by atoms with E-state index in [1.807, 2.05) is 23.3 Å². The van der Waals surface area contributed by atoms with Crippen LogP contribution in [0, 0.1) is 6.92 Å². The van der Waals surface area contributed by atoms with E-state index in [2.05, 4.69) is 22.3 Å². The Morgan fingerprint density at radius 2 is 2.25 bits per heavy atom. The lowest BCUT2D eigenvalue weighted by atomic mass is 10.2. The first-order valence-electron chi connectivity index (χ1n) is 6.78. The first kappa shape index (κ1) is 12.8. The van der Waals surface area contributed by atoms with Crippen molar-refractivity contribution in [3.63, 3.8) is 0 Å². The first-order valence-corrected chi connectivity index (χ1v) is 6.78. The molecule has 3 heterocycles. The van der Waals surface area contributed by atoms with E-state index in [0.717, 1.165) is 24.5 Å². The van der Waals surface area contributed by atoms with E-state index < -0.39 is 0 Å². The number of carbonyl (C=O) groups excluding carboxylic acids is 1. The fraction of sp³-hybridized carbons (Fsp3) is 0.538. The summed E-state index contributed by atoms with van der Waals surface area (Å²) in [7, 11) is 0. The van der Waals surface area contributed by atoms with Gasteiger partial charge >= 0.3 is 0 Å². The molecule has 7 nitrogen and oxygen atoms in total. The quantitative estimate of drug-likeness (QED) is 0.849. The first-order chi connectivity index (χ1) is 9.61. The van der Waals surface area contributed by atoms with Gasteiger partial charge in [-0.25, -0.2) is 0 Å². The molecule has 1 aliphatic heterocycles. The molecule has 0 unspecified atom stereocenters. The van der Waals surface area contributed by atoms with Crippen LogP contribution >= 0.6 is 0 Å². The normalized spacial score (nSPS) is 18.4. The average molecular weight is 275 g/mol. The van der Waals surface area contributed by atoms with Crippen LogP contribution in [0.15, 0.2) is 10.6 Å². The van der Waals surface area contributed by atoms with Crippen LogP contribution in [0.5, 0.6) is 0 Å². The van der Waals surface area contributed by atoms with Gasteiger partial charge in [0.15, 0.2) is 5.82 Å². The van der Waals surface area contributed by atoms with Crippen LogP contribution in [0.3, 0.4) is 0 Å². The topological polar surface area (TPSA) is 77.1 Å². The molecule has 7 heteroatoms. The van der Waals surface area contributed by atoms with Crippen molar-refractivity contribution in [3.05, 3.63) is 17.6 Å². The van der Waals surface area contributed by atoms with Crippen molar-refractivity contribution in [1.29, 1.82) is 0 Å². The molecule has 0 aliphatic carbocycles. The fourth-order valence-corrected chi connectivity index (χ4v) is 2.56. The standard InChI is InChI=1S/C13H17N5O2/c1-4-5-17-7-11-14-15-12(10-6-8(2)16-20-10)18(11)9(3)13(17)19/h6,9H,4-5,7H2,1-3H3/t9-/m0/s1.